The first-order valence-electron chi connectivity index (χ1n) is 8.70. The molecule has 30 heavy (non-hydrogen) atoms. The number of amides is 2. The van der Waals surface area contributed by atoms with Crippen LogP contribution in [0.15, 0.2) is 53.4 Å². The molecule has 0 saturated carbocycles. The highest BCUT2D eigenvalue weighted by atomic mass is 32.2. The third kappa shape index (κ3) is 7.03. The lowest BCUT2D eigenvalue weighted by molar-refractivity contribution is -0.125. The summed E-state index contributed by atoms with van der Waals surface area (Å²) in [5.41, 5.74) is 0.236. The molecule has 2 rings (SSSR count). The van der Waals surface area contributed by atoms with E-state index in [1.54, 1.807) is 32.3 Å². The van der Waals surface area contributed by atoms with Crippen LogP contribution < -0.4 is 10.1 Å². The van der Waals surface area contributed by atoms with Gasteiger partial charge in [0, 0.05) is 19.0 Å². The van der Waals surface area contributed by atoms with Crippen molar-refractivity contribution in [2.45, 2.75) is 11.5 Å². The van der Waals surface area contributed by atoms with Crippen LogP contribution in [0, 0.1) is 0 Å². The molecular formula is C20H20F2N2O5S. The number of halogens is 2. The first kappa shape index (κ1) is 23.1. The maximum Gasteiger partial charge on any atom is 0.387 e. The average Bonchev–Trinajstić information content (AvgIpc) is 2.71. The summed E-state index contributed by atoms with van der Waals surface area (Å²) in [6.07, 6.45) is 0. The van der Waals surface area contributed by atoms with E-state index in [1.165, 1.54) is 47.0 Å². The number of ether oxygens (including phenoxy) is 2. The Morgan fingerprint density at radius 3 is 2.43 bits per heavy atom. The normalized spacial score (nSPS) is 10.4. The standard InChI is InChI=1S/C20H20F2N2O5S/c1-24(2)18(26)12-30-16-10-6-3-7-13(16)19(27)28-11-17(25)23-14-8-4-5-9-15(14)29-20(21)22/h3-10,20H,11-12H2,1-2H3,(H,23,25). The second-order valence-corrected chi connectivity index (χ2v) is 7.09. The molecule has 10 heteroatoms. The highest BCUT2D eigenvalue weighted by Gasteiger charge is 2.17. The fourth-order valence-electron chi connectivity index (χ4n) is 2.19. The third-order valence-electron chi connectivity index (χ3n) is 3.67. The molecule has 160 valence electrons. The zero-order chi connectivity index (χ0) is 22.1. The molecule has 0 aliphatic rings. The van der Waals surface area contributed by atoms with Gasteiger partial charge in [0.1, 0.15) is 5.75 Å². The number of alkyl halides is 2. The summed E-state index contributed by atoms with van der Waals surface area (Å²) in [7, 11) is 3.26. The Morgan fingerprint density at radius 2 is 1.73 bits per heavy atom. The zero-order valence-corrected chi connectivity index (χ0v) is 17.1. The summed E-state index contributed by atoms with van der Waals surface area (Å²) < 4.78 is 34.2. The van der Waals surface area contributed by atoms with E-state index in [0.717, 1.165) is 0 Å². The largest absolute Gasteiger partial charge is 0.452 e. The van der Waals surface area contributed by atoms with Gasteiger partial charge in [-0.2, -0.15) is 8.78 Å². The van der Waals surface area contributed by atoms with Crippen molar-refractivity contribution >= 4 is 35.2 Å². The van der Waals surface area contributed by atoms with E-state index in [-0.39, 0.29) is 28.7 Å². The molecule has 2 amide bonds. The Hall–Kier alpha value is -3.14. The van der Waals surface area contributed by atoms with Crippen LogP contribution in [0.1, 0.15) is 10.4 Å². The lowest BCUT2D eigenvalue weighted by atomic mass is 10.2. The van der Waals surface area contributed by atoms with Gasteiger partial charge in [-0.15, -0.1) is 11.8 Å². The zero-order valence-electron chi connectivity index (χ0n) is 16.3. The number of carbonyl (C=O) groups excluding carboxylic acids is 3. The number of benzene rings is 2. The minimum atomic E-state index is -3.05. The molecule has 0 aliphatic carbocycles. The summed E-state index contributed by atoms with van der Waals surface area (Å²) in [4.78, 5) is 38.2. The third-order valence-corrected chi connectivity index (χ3v) is 4.73. The Labute approximate surface area is 176 Å². The van der Waals surface area contributed by atoms with Crippen LogP contribution in [0.4, 0.5) is 14.5 Å². The summed E-state index contributed by atoms with van der Waals surface area (Å²) >= 11 is 1.18. The average molecular weight is 438 g/mol. The number of anilines is 1. The van der Waals surface area contributed by atoms with Crippen molar-refractivity contribution in [2.75, 3.05) is 31.8 Å². The molecular weight excluding hydrogens is 418 g/mol. The van der Waals surface area contributed by atoms with Gasteiger partial charge in [0.25, 0.3) is 5.91 Å². The molecule has 1 N–H and O–H groups in total. The number of nitrogens with one attached hydrogen (secondary N) is 1. The summed E-state index contributed by atoms with van der Waals surface area (Å²) in [6, 6.07) is 12.2. The first-order chi connectivity index (χ1) is 14.3. The Kier molecular flexibility index (Phi) is 8.60. The molecule has 0 atom stereocenters. The molecule has 0 aliphatic heterocycles. The highest BCUT2D eigenvalue weighted by Crippen LogP contribution is 2.26. The summed E-state index contributed by atoms with van der Waals surface area (Å²) in [5.74, 6) is -1.66. The molecule has 0 fully saturated rings. The van der Waals surface area contributed by atoms with E-state index in [9.17, 15) is 23.2 Å². The fraction of sp³-hybridized carbons (Fsp3) is 0.250. The topological polar surface area (TPSA) is 84.9 Å². The van der Waals surface area contributed by atoms with Crippen LogP contribution in [0.5, 0.6) is 5.75 Å². The number of thioether (sulfide) groups is 1. The van der Waals surface area contributed by atoms with Gasteiger partial charge in [-0.3, -0.25) is 9.59 Å². The van der Waals surface area contributed by atoms with Gasteiger partial charge in [-0.1, -0.05) is 24.3 Å². The quantitative estimate of drug-likeness (QED) is 0.478. The van der Waals surface area contributed by atoms with Crippen LogP contribution in [-0.4, -0.2) is 55.8 Å². The maximum absolute atomic E-state index is 12.4. The van der Waals surface area contributed by atoms with E-state index >= 15 is 0 Å². The predicted molar refractivity (Wildman–Crippen MR) is 108 cm³/mol. The minimum Gasteiger partial charge on any atom is -0.452 e. The van der Waals surface area contributed by atoms with Crippen molar-refractivity contribution in [2.24, 2.45) is 0 Å². The van der Waals surface area contributed by atoms with Gasteiger partial charge in [0.2, 0.25) is 5.91 Å². The molecule has 0 heterocycles. The van der Waals surface area contributed by atoms with Crippen molar-refractivity contribution in [1.82, 2.24) is 4.90 Å². The molecule has 0 unspecified atom stereocenters. The van der Waals surface area contributed by atoms with Crippen molar-refractivity contribution in [1.29, 1.82) is 0 Å². The highest BCUT2D eigenvalue weighted by molar-refractivity contribution is 8.00. The fourth-order valence-corrected chi connectivity index (χ4v) is 3.21. The number of hydrogen-bond acceptors (Lipinski definition) is 6. The van der Waals surface area contributed by atoms with Crippen molar-refractivity contribution < 1.29 is 32.6 Å². The Balaban J connectivity index is 1.96. The lowest BCUT2D eigenvalue weighted by Crippen LogP contribution is -2.23. The minimum absolute atomic E-state index is 0.0250. The number of carbonyl (C=O) groups is 3. The SMILES string of the molecule is CN(C)C(=O)CSc1ccccc1C(=O)OCC(=O)Nc1ccccc1OC(F)F. The molecule has 0 spiro atoms. The smallest absolute Gasteiger partial charge is 0.387 e. The second-order valence-electron chi connectivity index (χ2n) is 6.07. The Morgan fingerprint density at radius 1 is 1.07 bits per heavy atom. The van der Waals surface area contributed by atoms with Crippen LogP contribution in [0.25, 0.3) is 0 Å². The van der Waals surface area contributed by atoms with Gasteiger partial charge < -0.3 is 19.7 Å². The number of esters is 1. The van der Waals surface area contributed by atoms with E-state index in [1.807, 2.05) is 0 Å². The first-order valence-corrected chi connectivity index (χ1v) is 9.69. The van der Waals surface area contributed by atoms with Crippen LogP contribution in [-0.2, 0) is 14.3 Å². The summed E-state index contributed by atoms with van der Waals surface area (Å²) in [6.45, 7) is -3.67. The molecule has 0 bridgehead atoms. The van der Waals surface area contributed by atoms with Crippen molar-refractivity contribution in [3.63, 3.8) is 0 Å². The monoisotopic (exact) mass is 438 g/mol. The van der Waals surface area contributed by atoms with Crippen molar-refractivity contribution in [3.8, 4) is 5.75 Å². The summed E-state index contributed by atoms with van der Waals surface area (Å²) in [5, 5.41) is 2.36. The number of hydrogen-bond donors (Lipinski definition) is 1. The predicted octanol–water partition coefficient (Wildman–Crippen LogP) is 3.26. The van der Waals surface area contributed by atoms with Gasteiger partial charge in [0.15, 0.2) is 6.61 Å². The molecule has 0 radical (unpaired) electrons. The van der Waals surface area contributed by atoms with Crippen LogP contribution >= 0.6 is 11.8 Å². The molecule has 0 aromatic heterocycles. The van der Waals surface area contributed by atoms with Gasteiger partial charge in [-0.25, -0.2) is 4.79 Å². The molecule has 2 aromatic rings. The number of para-hydroxylation sites is 2. The van der Waals surface area contributed by atoms with E-state index < -0.39 is 25.1 Å². The molecule has 2 aromatic carbocycles. The molecule has 0 saturated heterocycles. The van der Waals surface area contributed by atoms with Crippen LogP contribution in [0.3, 0.4) is 0 Å². The van der Waals surface area contributed by atoms with E-state index in [4.69, 9.17) is 4.74 Å². The van der Waals surface area contributed by atoms with E-state index in [2.05, 4.69) is 10.1 Å². The number of nitrogens with zero attached hydrogens (tertiary/aromatic N) is 1. The van der Waals surface area contributed by atoms with Gasteiger partial charge >= 0.3 is 12.6 Å². The van der Waals surface area contributed by atoms with Gasteiger partial charge in [-0.05, 0) is 24.3 Å². The van der Waals surface area contributed by atoms with Crippen molar-refractivity contribution in [3.05, 3.63) is 54.1 Å². The number of rotatable bonds is 9. The lowest BCUT2D eigenvalue weighted by Gasteiger charge is -2.13. The molecule has 7 nitrogen and oxygen atoms in total. The Bertz CT molecular complexity index is 908. The van der Waals surface area contributed by atoms with E-state index in [0.29, 0.717) is 4.90 Å². The second kappa shape index (κ2) is 11.1. The maximum atomic E-state index is 12.4. The van der Waals surface area contributed by atoms with Gasteiger partial charge in [0.05, 0.1) is 17.0 Å². The van der Waals surface area contributed by atoms with Crippen LogP contribution in [0.2, 0.25) is 0 Å².